The molecule has 0 radical (unpaired) electrons. The predicted octanol–water partition coefficient (Wildman–Crippen LogP) is 2.04. The first kappa shape index (κ1) is 11.8. The molecule has 0 aliphatic carbocycles. The molecule has 2 N–H and O–H groups in total. The molecule has 1 unspecified atom stereocenters. The summed E-state index contributed by atoms with van der Waals surface area (Å²) in [7, 11) is 1.43. The normalized spacial score (nSPS) is 13.7. The van der Waals surface area contributed by atoms with Crippen molar-refractivity contribution < 1.29 is 17.9 Å². The van der Waals surface area contributed by atoms with Crippen molar-refractivity contribution in [2.45, 2.75) is 18.6 Å². The molecule has 0 spiro atoms. The highest BCUT2D eigenvalue weighted by Gasteiger charge is 2.30. The molecule has 3 nitrogen and oxygen atoms in total. The molecule has 0 aromatic carbocycles. The standard InChI is InChI=1S/C9H11F3N2O/c1-15-8-3-2-6(5-14-8)7(13)4-9(10,11)12/h2-3,5,7H,4,13H2,1H3. The van der Waals surface area contributed by atoms with E-state index >= 15 is 0 Å². The van der Waals surface area contributed by atoms with Crippen LogP contribution >= 0.6 is 0 Å². The molecule has 0 saturated carbocycles. The molecule has 0 amide bonds. The quantitative estimate of drug-likeness (QED) is 0.847. The van der Waals surface area contributed by atoms with Crippen LogP contribution in [0.15, 0.2) is 18.3 Å². The van der Waals surface area contributed by atoms with E-state index < -0.39 is 18.6 Å². The van der Waals surface area contributed by atoms with E-state index in [9.17, 15) is 13.2 Å². The number of alkyl halides is 3. The smallest absolute Gasteiger partial charge is 0.390 e. The molecule has 0 aliphatic heterocycles. The molecular weight excluding hydrogens is 209 g/mol. The van der Waals surface area contributed by atoms with Gasteiger partial charge >= 0.3 is 6.18 Å². The highest BCUT2D eigenvalue weighted by molar-refractivity contribution is 5.20. The summed E-state index contributed by atoms with van der Waals surface area (Å²) < 4.78 is 40.8. The molecule has 1 aromatic rings. The molecule has 0 bridgehead atoms. The third-order valence-electron chi connectivity index (χ3n) is 1.85. The fraction of sp³-hybridized carbons (Fsp3) is 0.444. The van der Waals surface area contributed by atoms with E-state index in [4.69, 9.17) is 10.5 Å². The lowest BCUT2D eigenvalue weighted by Crippen LogP contribution is -2.20. The number of methoxy groups -OCH3 is 1. The average molecular weight is 220 g/mol. The van der Waals surface area contributed by atoms with Gasteiger partial charge in [-0.1, -0.05) is 6.07 Å². The van der Waals surface area contributed by atoms with Gasteiger partial charge < -0.3 is 10.5 Å². The van der Waals surface area contributed by atoms with Crippen LogP contribution in [0.25, 0.3) is 0 Å². The Morgan fingerprint density at radius 1 is 1.47 bits per heavy atom. The minimum atomic E-state index is -4.26. The van der Waals surface area contributed by atoms with Crippen LogP contribution in [0.2, 0.25) is 0 Å². The minimum absolute atomic E-state index is 0.341. The maximum Gasteiger partial charge on any atom is 0.390 e. The first-order valence-corrected chi connectivity index (χ1v) is 4.24. The van der Waals surface area contributed by atoms with Crippen molar-refractivity contribution in [1.82, 2.24) is 4.98 Å². The summed E-state index contributed by atoms with van der Waals surface area (Å²) in [4.78, 5) is 3.78. The molecule has 0 fully saturated rings. The zero-order chi connectivity index (χ0) is 11.5. The lowest BCUT2D eigenvalue weighted by molar-refractivity contribution is -0.138. The van der Waals surface area contributed by atoms with Crippen LogP contribution in [0.4, 0.5) is 13.2 Å². The van der Waals surface area contributed by atoms with Crippen LogP contribution in [-0.2, 0) is 0 Å². The van der Waals surface area contributed by atoms with Crippen molar-refractivity contribution in [3.8, 4) is 5.88 Å². The fourth-order valence-corrected chi connectivity index (χ4v) is 1.10. The van der Waals surface area contributed by atoms with Gasteiger partial charge in [0.05, 0.1) is 13.5 Å². The van der Waals surface area contributed by atoms with Crippen LogP contribution in [0, 0.1) is 0 Å². The van der Waals surface area contributed by atoms with E-state index in [1.807, 2.05) is 0 Å². The second-order valence-corrected chi connectivity index (χ2v) is 3.06. The van der Waals surface area contributed by atoms with Crippen molar-refractivity contribution in [1.29, 1.82) is 0 Å². The molecule has 6 heteroatoms. The Balaban J connectivity index is 2.70. The maximum absolute atomic E-state index is 12.0. The lowest BCUT2D eigenvalue weighted by atomic mass is 10.1. The zero-order valence-corrected chi connectivity index (χ0v) is 8.08. The molecule has 1 aromatic heterocycles. The molecule has 84 valence electrons. The van der Waals surface area contributed by atoms with Crippen molar-refractivity contribution in [3.05, 3.63) is 23.9 Å². The Bertz CT molecular complexity index is 310. The number of hydrogen-bond donors (Lipinski definition) is 1. The van der Waals surface area contributed by atoms with Gasteiger partial charge in [-0.25, -0.2) is 4.98 Å². The molecule has 0 aliphatic rings. The summed E-state index contributed by atoms with van der Waals surface area (Å²) in [5.74, 6) is 0.345. The van der Waals surface area contributed by atoms with Gasteiger partial charge in [0.15, 0.2) is 0 Å². The highest BCUT2D eigenvalue weighted by Crippen LogP contribution is 2.27. The predicted molar refractivity (Wildman–Crippen MR) is 48.4 cm³/mol. The van der Waals surface area contributed by atoms with E-state index in [1.54, 1.807) is 0 Å². The number of rotatable bonds is 3. The van der Waals surface area contributed by atoms with E-state index in [0.717, 1.165) is 0 Å². The second-order valence-electron chi connectivity index (χ2n) is 3.06. The Hall–Kier alpha value is -1.30. The van der Waals surface area contributed by atoms with Crippen LogP contribution in [0.3, 0.4) is 0 Å². The maximum atomic E-state index is 12.0. The van der Waals surface area contributed by atoms with Crippen molar-refractivity contribution >= 4 is 0 Å². The summed E-state index contributed by atoms with van der Waals surface area (Å²) in [5.41, 5.74) is 5.71. The Morgan fingerprint density at radius 3 is 2.53 bits per heavy atom. The Kier molecular flexibility index (Phi) is 3.52. The number of halogens is 3. The number of hydrogen-bond acceptors (Lipinski definition) is 3. The van der Waals surface area contributed by atoms with E-state index in [2.05, 4.69) is 4.98 Å². The van der Waals surface area contributed by atoms with Crippen LogP contribution in [0.5, 0.6) is 5.88 Å². The van der Waals surface area contributed by atoms with Gasteiger partial charge in [0.25, 0.3) is 0 Å². The van der Waals surface area contributed by atoms with Gasteiger partial charge in [-0.3, -0.25) is 0 Å². The SMILES string of the molecule is COc1ccc(C(N)CC(F)(F)F)cn1. The molecular formula is C9H11F3N2O. The summed E-state index contributed by atoms with van der Waals surface area (Å²) in [6.45, 7) is 0. The number of aromatic nitrogens is 1. The number of nitrogens with zero attached hydrogens (tertiary/aromatic N) is 1. The van der Waals surface area contributed by atoms with E-state index in [-0.39, 0.29) is 0 Å². The zero-order valence-electron chi connectivity index (χ0n) is 8.08. The molecule has 15 heavy (non-hydrogen) atoms. The van der Waals surface area contributed by atoms with Gasteiger partial charge in [0, 0.05) is 18.3 Å². The van der Waals surface area contributed by atoms with Gasteiger partial charge in [-0.05, 0) is 5.56 Å². The van der Waals surface area contributed by atoms with Crippen LogP contribution in [0.1, 0.15) is 18.0 Å². The highest BCUT2D eigenvalue weighted by atomic mass is 19.4. The third kappa shape index (κ3) is 3.75. The van der Waals surface area contributed by atoms with Crippen molar-refractivity contribution in [2.75, 3.05) is 7.11 Å². The minimum Gasteiger partial charge on any atom is -0.481 e. The first-order valence-electron chi connectivity index (χ1n) is 4.24. The number of ether oxygens (including phenoxy) is 1. The molecule has 1 atom stereocenters. The first-order chi connectivity index (χ1) is 6.92. The fourth-order valence-electron chi connectivity index (χ4n) is 1.10. The van der Waals surface area contributed by atoms with Gasteiger partial charge in [0.1, 0.15) is 0 Å². The van der Waals surface area contributed by atoms with Crippen molar-refractivity contribution in [3.63, 3.8) is 0 Å². The Morgan fingerprint density at radius 2 is 2.13 bits per heavy atom. The summed E-state index contributed by atoms with van der Waals surface area (Å²) in [5, 5.41) is 0. The van der Waals surface area contributed by atoms with Crippen LogP contribution in [-0.4, -0.2) is 18.3 Å². The topological polar surface area (TPSA) is 48.1 Å². The van der Waals surface area contributed by atoms with E-state index in [1.165, 1.54) is 25.4 Å². The van der Waals surface area contributed by atoms with Gasteiger partial charge in [-0.2, -0.15) is 13.2 Å². The summed E-state index contributed by atoms with van der Waals surface area (Å²) in [6, 6.07) is 1.87. The van der Waals surface area contributed by atoms with E-state index in [0.29, 0.717) is 11.4 Å². The van der Waals surface area contributed by atoms with Crippen molar-refractivity contribution in [2.24, 2.45) is 5.73 Å². The van der Waals surface area contributed by atoms with Gasteiger partial charge in [-0.15, -0.1) is 0 Å². The molecule has 0 saturated heterocycles. The Labute approximate surface area is 85.1 Å². The summed E-state index contributed by atoms with van der Waals surface area (Å²) in [6.07, 6.45) is -4.03. The largest absolute Gasteiger partial charge is 0.481 e. The summed E-state index contributed by atoms with van der Waals surface area (Å²) >= 11 is 0. The number of nitrogens with two attached hydrogens (primary N) is 1. The monoisotopic (exact) mass is 220 g/mol. The van der Waals surface area contributed by atoms with Gasteiger partial charge in [0.2, 0.25) is 5.88 Å². The average Bonchev–Trinajstić information content (AvgIpc) is 2.15. The second kappa shape index (κ2) is 4.48. The molecule has 1 rings (SSSR count). The lowest BCUT2D eigenvalue weighted by Gasteiger charge is -2.14. The number of pyridine rings is 1. The molecule has 1 heterocycles. The van der Waals surface area contributed by atoms with Crippen LogP contribution < -0.4 is 10.5 Å². The third-order valence-corrected chi connectivity index (χ3v) is 1.85.